The zero-order valence-electron chi connectivity index (χ0n) is 19.5. The fraction of sp³-hybridized carbons (Fsp3) is 0.333. The van der Waals surface area contributed by atoms with E-state index in [0.717, 1.165) is 30.8 Å². The molecular weight excluding hydrogens is 506 g/mol. The van der Waals surface area contributed by atoms with Crippen molar-refractivity contribution in [1.29, 1.82) is 0 Å². The highest BCUT2D eigenvalue weighted by atomic mass is 35.5. The van der Waals surface area contributed by atoms with Crippen LogP contribution in [0.5, 0.6) is 0 Å². The van der Waals surface area contributed by atoms with Crippen LogP contribution in [0.2, 0.25) is 0 Å². The summed E-state index contributed by atoms with van der Waals surface area (Å²) in [5, 5.41) is 4.92. The van der Waals surface area contributed by atoms with Crippen LogP contribution in [0.4, 0.5) is 13.6 Å². The lowest BCUT2D eigenvalue weighted by Gasteiger charge is -2.52. The van der Waals surface area contributed by atoms with Gasteiger partial charge in [0.05, 0.1) is 30.6 Å². The predicted molar refractivity (Wildman–Crippen MR) is 129 cm³/mol. The van der Waals surface area contributed by atoms with E-state index in [2.05, 4.69) is 5.32 Å². The molecule has 4 heterocycles. The van der Waals surface area contributed by atoms with Gasteiger partial charge in [0, 0.05) is 12.8 Å². The number of thiophene rings is 1. The van der Waals surface area contributed by atoms with Crippen LogP contribution in [0.3, 0.4) is 0 Å². The highest BCUT2D eigenvalue weighted by molar-refractivity contribution is 7.12. The molecule has 3 aliphatic heterocycles. The number of nitrogens with zero attached hydrogens (tertiary/aromatic N) is 1. The van der Waals surface area contributed by atoms with Crippen molar-refractivity contribution in [2.75, 3.05) is 26.2 Å². The van der Waals surface area contributed by atoms with Crippen molar-refractivity contribution in [2.24, 2.45) is 5.92 Å². The maximum Gasteiger partial charge on any atom is 0.408 e. The molecule has 0 radical (unpaired) electrons. The van der Waals surface area contributed by atoms with E-state index in [4.69, 9.17) is 4.74 Å². The lowest BCUT2D eigenvalue weighted by Crippen LogP contribution is -3.00. The number of benzene rings is 2. The van der Waals surface area contributed by atoms with E-state index in [1.54, 1.807) is 12.1 Å². The Morgan fingerprint density at radius 1 is 1.00 bits per heavy atom. The van der Waals surface area contributed by atoms with E-state index in [9.17, 15) is 18.4 Å². The number of alkyl carbamates (subject to hydrolysis) is 1. The maximum atomic E-state index is 13.9. The molecular formula is C27H27ClF2N2O3S. The third kappa shape index (κ3) is 5.77. The largest absolute Gasteiger partial charge is 1.00 e. The molecule has 0 spiro atoms. The molecule has 1 atom stereocenters. The zero-order chi connectivity index (χ0) is 24.4. The van der Waals surface area contributed by atoms with Gasteiger partial charge in [0.25, 0.3) is 0 Å². The smallest absolute Gasteiger partial charge is 0.408 e. The van der Waals surface area contributed by atoms with Crippen LogP contribution in [-0.2, 0) is 4.74 Å². The van der Waals surface area contributed by atoms with Gasteiger partial charge in [-0.25, -0.2) is 13.6 Å². The number of Topliss-reactive ketones (excluding diaryl/α,β-unsaturated/α-hetero) is 1. The lowest BCUT2D eigenvalue weighted by molar-refractivity contribution is -0.936. The molecule has 5 nitrogen and oxygen atoms in total. The van der Waals surface area contributed by atoms with E-state index in [-0.39, 0.29) is 24.2 Å². The Balaban J connectivity index is 0.00000304. The first-order valence-electron chi connectivity index (χ1n) is 11.8. The predicted octanol–water partition coefficient (Wildman–Crippen LogP) is 2.34. The van der Waals surface area contributed by atoms with Gasteiger partial charge < -0.3 is 26.9 Å². The number of carbonyl (C=O) groups excluding carboxylic acids is 2. The molecule has 3 fully saturated rings. The standard InChI is InChI=1S/C27H26F2N2O3S.ClH/c28-21-6-1-4-19(14-21)26(20-5-2-7-22(29)15-20)34-27(33)30-23-16-31(11-9-18(23)10-12-31)17-24(32)25-8-3-13-35-25;/h1-8,13-15,18,23,26H,9-12,16-17H2;1H. The highest BCUT2D eigenvalue weighted by Crippen LogP contribution is 2.35. The average Bonchev–Trinajstić information content (AvgIpc) is 3.38. The zero-order valence-corrected chi connectivity index (χ0v) is 21.1. The quantitative estimate of drug-likeness (QED) is 0.375. The Morgan fingerprint density at radius 2 is 1.64 bits per heavy atom. The van der Waals surface area contributed by atoms with Gasteiger partial charge in [0.15, 0.2) is 6.10 Å². The minimum absolute atomic E-state index is 0. The summed E-state index contributed by atoms with van der Waals surface area (Å²) >= 11 is 1.45. The Labute approximate surface area is 219 Å². The fourth-order valence-electron chi connectivity index (χ4n) is 5.45. The molecule has 190 valence electrons. The highest BCUT2D eigenvalue weighted by Gasteiger charge is 2.47. The molecule has 1 amide bonds. The first-order chi connectivity index (χ1) is 16.9. The number of carbonyl (C=O) groups is 2. The molecule has 1 N–H and O–H groups in total. The third-order valence-corrected chi connectivity index (χ3v) is 8.12. The fourth-order valence-corrected chi connectivity index (χ4v) is 6.11. The molecule has 2 aromatic carbocycles. The second-order valence-corrected chi connectivity index (χ2v) is 10.5. The monoisotopic (exact) mass is 532 g/mol. The number of quaternary nitrogens is 1. The number of nitrogens with one attached hydrogen (secondary N) is 1. The number of ether oxygens (including phenoxy) is 1. The van der Waals surface area contributed by atoms with Crippen LogP contribution in [0.15, 0.2) is 66.0 Å². The van der Waals surface area contributed by atoms with Gasteiger partial charge in [-0.2, -0.15) is 0 Å². The SMILES string of the molecule is O=C(NC1C[N+]2(CC(=O)c3cccs3)CCC1CC2)OC(c1cccc(F)c1)c1cccc(F)c1.[Cl-]. The van der Waals surface area contributed by atoms with Crippen molar-refractivity contribution < 1.29 is 40.0 Å². The summed E-state index contributed by atoms with van der Waals surface area (Å²) in [5.74, 6) is -0.473. The Bertz CT molecular complexity index is 1170. The number of amides is 1. The van der Waals surface area contributed by atoms with E-state index in [1.165, 1.54) is 47.7 Å². The third-order valence-electron chi connectivity index (χ3n) is 7.21. The molecule has 3 saturated heterocycles. The Hall–Kier alpha value is -2.81. The van der Waals surface area contributed by atoms with Crippen molar-refractivity contribution in [2.45, 2.75) is 25.0 Å². The molecule has 2 bridgehead atoms. The van der Waals surface area contributed by atoms with Crippen LogP contribution in [0, 0.1) is 17.6 Å². The molecule has 1 unspecified atom stereocenters. The lowest BCUT2D eigenvalue weighted by atomic mass is 9.81. The summed E-state index contributed by atoms with van der Waals surface area (Å²) in [6, 6.07) is 15.2. The van der Waals surface area contributed by atoms with Gasteiger partial charge >= 0.3 is 6.09 Å². The number of rotatable bonds is 7. The maximum absolute atomic E-state index is 13.9. The summed E-state index contributed by atoms with van der Waals surface area (Å²) in [6.45, 7) is 2.94. The van der Waals surface area contributed by atoms with Crippen molar-refractivity contribution in [1.82, 2.24) is 5.32 Å². The minimum Gasteiger partial charge on any atom is -1.00 e. The Kier molecular flexibility index (Phi) is 8.07. The summed E-state index contributed by atoms with van der Waals surface area (Å²) in [7, 11) is 0. The van der Waals surface area contributed by atoms with Crippen molar-refractivity contribution in [3.8, 4) is 0 Å². The molecule has 1 aromatic heterocycles. The van der Waals surface area contributed by atoms with Gasteiger partial charge in [-0.1, -0.05) is 30.3 Å². The van der Waals surface area contributed by atoms with Crippen molar-refractivity contribution >= 4 is 23.2 Å². The summed E-state index contributed by atoms with van der Waals surface area (Å²) in [4.78, 5) is 26.6. The first kappa shape index (κ1) is 26.3. The number of hydrogen-bond acceptors (Lipinski definition) is 4. The second kappa shape index (κ2) is 11.1. The summed E-state index contributed by atoms with van der Waals surface area (Å²) < 4.78 is 34.3. The number of ketones is 1. The van der Waals surface area contributed by atoms with Crippen LogP contribution in [0.25, 0.3) is 0 Å². The summed E-state index contributed by atoms with van der Waals surface area (Å²) in [6.07, 6.45) is 0.274. The topological polar surface area (TPSA) is 55.4 Å². The van der Waals surface area contributed by atoms with Crippen LogP contribution in [0.1, 0.15) is 39.7 Å². The van der Waals surface area contributed by atoms with Crippen LogP contribution in [-0.4, -0.2) is 48.6 Å². The van der Waals surface area contributed by atoms with Gasteiger partial charge in [0.2, 0.25) is 5.78 Å². The van der Waals surface area contributed by atoms with Crippen molar-refractivity contribution in [3.05, 3.63) is 93.7 Å². The van der Waals surface area contributed by atoms with Crippen molar-refractivity contribution in [3.63, 3.8) is 0 Å². The van der Waals surface area contributed by atoms with Gasteiger partial charge in [-0.05, 0) is 52.8 Å². The summed E-state index contributed by atoms with van der Waals surface area (Å²) in [5.41, 5.74) is 0.842. The normalized spacial score (nSPS) is 22.6. The van der Waals surface area contributed by atoms with Crippen LogP contribution < -0.4 is 17.7 Å². The number of piperidine rings is 3. The second-order valence-electron chi connectivity index (χ2n) is 9.51. The van der Waals surface area contributed by atoms with Gasteiger partial charge in [-0.15, -0.1) is 11.3 Å². The first-order valence-corrected chi connectivity index (χ1v) is 12.7. The van der Waals surface area contributed by atoms with E-state index in [0.29, 0.717) is 34.6 Å². The molecule has 9 heteroatoms. The Morgan fingerprint density at radius 3 is 2.19 bits per heavy atom. The molecule has 3 aliphatic rings. The van der Waals surface area contributed by atoms with Crippen LogP contribution >= 0.6 is 11.3 Å². The average molecular weight is 533 g/mol. The number of fused-ring (bicyclic) bond motifs is 3. The molecule has 36 heavy (non-hydrogen) atoms. The molecule has 0 saturated carbocycles. The van der Waals surface area contributed by atoms with E-state index >= 15 is 0 Å². The molecule has 3 aromatic rings. The van der Waals surface area contributed by atoms with Gasteiger partial charge in [0.1, 0.15) is 18.2 Å². The number of halogens is 3. The van der Waals surface area contributed by atoms with E-state index in [1.807, 2.05) is 17.5 Å². The number of hydrogen-bond donors (Lipinski definition) is 1. The van der Waals surface area contributed by atoms with Gasteiger partial charge in [-0.3, -0.25) is 4.79 Å². The molecule has 0 aliphatic carbocycles. The van der Waals surface area contributed by atoms with E-state index < -0.39 is 23.8 Å². The molecule has 6 rings (SSSR count). The minimum atomic E-state index is -0.953.